The molecule has 3 rings (SSSR count). The first kappa shape index (κ1) is 21.7. The largest absolute Gasteiger partial charge is 0.475 e. The van der Waals surface area contributed by atoms with Crippen molar-refractivity contribution in [3.63, 3.8) is 0 Å². The van der Waals surface area contributed by atoms with E-state index in [1.165, 1.54) is 12.1 Å². The quantitative estimate of drug-likeness (QED) is 0.396. The molecule has 0 atom stereocenters. The van der Waals surface area contributed by atoms with Crippen LogP contribution >= 0.6 is 0 Å². The van der Waals surface area contributed by atoms with Crippen molar-refractivity contribution in [2.75, 3.05) is 25.6 Å². The maximum absolute atomic E-state index is 13.4. The van der Waals surface area contributed by atoms with Crippen LogP contribution in [0, 0.1) is 17.0 Å². The average molecular weight is 413 g/mol. The van der Waals surface area contributed by atoms with E-state index in [1.54, 1.807) is 31.4 Å². The van der Waals surface area contributed by atoms with Crippen LogP contribution in [0.15, 0.2) is 36.4 Å². The molecule has 0 bridgehead atoms. The summed E-state index contributed by atoms with van der Waals surface area (Å²) in [5, 5.41) is 14.0. The van der Waals surface area contributed by atoms with Crippen LogP contribution in [0.5, 0.6) is 5.88 Å². The Kier molecular flexibility index (Phi) is 6.99. The normalized spacial score (nSPS) is 15.4. The van der Waals surface area contributed by atoms with E-state index < -0.39 is 10.3 Å². The number of hydrogen-bond acceptors (Lipinski definition) is 6. The van der Waals surface area contributed by atoms with Gasteiger partial charge in [0.1, 0.15) is 6.61 Å². The predicted molar refractivity (Wildman–Crippen MR) is 113 cm³/mol. The number of amides is 1. The molecule has 0 radical (unpaired) electrons. The first-order valence-corrected chi connectivity index (χ1v) is 10.1. The third kappa shape index (κ3) is 4.76. The van der Waals surface area contributed by atoms with Gasteiger partial charge in [-0.25, -0.2) is 4.98 Å². The third-order valence-corrected chi connectivity index (χ3v) is 5.62. The van der Waals surface area contributed by atoms with E-state index in [1.807, 2.05) is 6.92 Å². The van der Waals surface area contributed by atoms with E-state index >= 15 is 0 Å². The molecular weight excluding hydrogens is 386 g/mol. The molecular formula is C22H27N3O5. The van der Waals surface area contributed by atoms with Crippen molar-refractivity contribution in [3.8, 4) is 5.88 Å². The molecule has 2 aromatic rings. The van der Waals surface area contributed by atoms with Crippen molar-refractivity contribution < 1.29 is 19.2 Å². The zero-order chi connectivity index (χ0) is 21.6. The van der Waals surface area contributed by atoms with Crippen molar-refractivity contribution in [3.05, 3.63) is 57.8 Å². The number of anilines is 1. The fourth-order valence-electron chi connectivity index (χ4n) is 3.93. The van der Waals surface area contributed by atoms with E-state index in [0.717, 1.165) is 24.8 Å². The van der Waals surface area contributed by atoms with Gasteiger partial charge in [-0.2, -0.15) is 0 Å². The number of nitro groups is 1. The van der Waals surface area contributed by atoms with E-state index in [-0.39, 0.29) is 11.6 Å². The second-order valence-electron chi connectivity index (χ2n) is 7.52. The monoisotopic (exact) mass is 413 g/mol. The number of rotatable bonds is 8. The Bertz CT molecular complexity index is 892. The van der Waals surface area contributed by atoms with Crippen LogP contribution in [0.1, 0.15) is 43.4 Å². The summed E-state index contributed by atoms with van der Waals surface area (Å²) < 4.78 is 10.5. The Morgan fingerprint density at radius 2 is 1.83 bits per heavy atom. The third-order valence-electron chi connectivity index (χ3n) is 5.62. The number of aryl methyl sites for hydroxylation is 1. The fourth-order valence-corrected chi connectivity index (χ4v) is 3.93. The lowest BCUT2D eigenvalue weighted by Gasteiger charge is -2.36. The molecule has 30 heavy (non-hydrogen) atoms. The molecule has 1 aliphatic carbocycles. The number of non-ortho nitro benzene ring substituents is 1. The van der Waals surface area contributed by atoms with E-state index in [9.17, 15) is 14.9 Å². The van der Waals surface area contributed by atoms with Crippen molar-refractivity contribution in [1.29, 1.82) is 0 Å². The van der Waals surface area contributed by atoms with Crippen LogP contribution in [0.3, 0.4) is 0 Å². The van der Waals surface area contributed by atoms with Gasteiger partial charge in [0.15, 0.2) is 0 Å². The summed E-state index contributed by atoms with van der Waals surface area (Å²) in [5.41, 5.74) is 1.43. The average Bonchev–Trinajstić information content (AvgIpc) is 2.76. The number of nitro benzene ring substituents is 1. The number of benzene rings is 1. The number of nitrogens with one attached hydrogen (secondary N) is 1. The summed E-state index contributed by atoms with van der Waals surface area (Å²) in [4.78, 5) is 28.4. The van der Waals surface area contributed by atoms with Gasteiger partial charge in [-0.05, 0) is 31.4 Å². The minimum atomic E-state index is -0.701. The lowest BCUT2D eigenvalue weighted by Crippen LogP contribution is -2.42. The topological polar surface area (TPSA) is 104 Å². The van der Waals surface area contributed by atoms with Gasteiger partial charge < -0.3 is 14.8 Å². The number of hydrogen-bond donors (Lipinski definition) is 1. The lowest BCUT2D eigenvalue weighted by atomic mass is 9.68. The van der Waals surface area contributed by atoms with Crippen LogP contribution in [-0.4, -0.2) is 36.1 Å². The number of carbonyl (C=O) groups is 1. The molecule has 1 heterocycles. The first-order chi connectivity index (χ1) is 14.5. The molecule has 1 fully saturated rings. The van der Waals surface area contributed by atoms with E-state index in [4.69, 9.17) is 9.47 Å². The van der Waals surface area contributed by atoms with Crippen LogP contribution in [-0.2, 0) is 14.9 Å². The molecule has 0 aliphatic heterocycles. The van der Waals surface area contributed by atoms with Crippen molar-refractivity contribution in [2.24, 2.45) is 0 Å². The highest BCUT2D eigenvalue weighted by atomic mass is 16.6. The summed E-state index contributed by atoms with van der Waals surface area (Å²) >= 11 is 0. The molecule has 0 saturated heterocycles. The maximum Gasteiger partial charge on any atom is 0.269 e. The second-order valence-corrected chi connectivity index (χ2v) is 7.52. The molecule has 1 N–H and O–H groups in total. The molecule has 0 unspecified atom stereocenters. The summed E-state index contributed by atoms with van der Waals surface area (Å²) in [6.45, 7) is 2.69. The summed E-state index contributed by atoms with van der Waals surface area (Å²) in [7, 11) is 1.60. The standard InChI is InChI=1S/C22H27N3O5/c1-16-19(10-11-20(23-16)30-15-14-29-2)24-21(26)22(12-4-3-5-13-22)17-6-8-18(9-7-17)25(27)28/h6-11H,3-5,12-15H2,1-2H3,(H,24,26). The van der Waals surface area contributed by atoms with Gasteiger partial charge in [-0.15, -0.1) is 0 Å². The van der Waals surface area contributed by atoms with E-state index in [0.29, 0.717) is 43.3 Å². The summed E-state index contributed by atoms with van der Waals surface area (Å²) in [5.74, 6) is 0.374. The molecule has 0 spiro atoms. The minimum absolute atomic E-state index is 0.0224. The zero-order valence-corrected chi connectivity index (χ0v) is 17.3. The molecule has 1 aromatic carbocycles. The van der Waals surface area contributed by atoms with Gasteiger partial charge in [-0.3, -0.25) is 14.9 Å². The Morgan fingerprint density at radius 3 is 2.43 bits per heavy atom. The number of carbonyl (C=O) groups excluding carboxylic acids is 1. The zero-order valence-electron chi connectivity index (χ0n) is 17.3. The molecule has 1 saturated carbocycles. The summed E-state index contributed by atoms with van der Waals surface area (Å²) in [6.07, 6.45) is 4.38. The Balaban J connectivity index is 1.81. The van der Waals surface area contributed by atoms with Gasteiger partial charge in [-0.1, -0.05) is 31.4 Å². The number of nitrogens with zero attached hydrogens (tertiary/aromatic N) is 2. The summed E-state index contributed by atoms with van der Waals surface area (Å²) in [6, 6.07) is 9.87. The number of methoxy groups -OCH3 is 1. The molecule has 1 aliphatic rings. The Hall–Kier alpha value is -3.00. The van der Waals surface area contributed by atoms with E-state index in [2.05, 4.69) is 10.3 Å². The highest BCUT2D eigenvalue weighted by Crippen LogP contribution is 2.41. The van der Waals surface area contributed by atoms with Gasteiger partial charge in [0.25, 0.3) is 5.69 Å². The molecule has 1 amide bonds. The Labute approximate surface area is 175 Å². The van der Waals surface area contributed by atoms with Crippen LogP contribution in [0.25, 0.3) is 0 Å². The maximum atomic E-state index is 13.4. The number of aromatic nitrogens is 1. The molecule has 8 nitrogen and oxygen atoms in total. The predicted octanol–water partition coefficient (Wildman–Crippen LogP) is 4.16. The number of ether oxygens (including phenoxy) is 2. The SMILES string of the molecule is COCCOc1ccc(NC(=O)C2(c3ccc([N+](=O)[O-])cc3)CCCCC2)c(C)n1. The van der Waals surface area contributed by atoms with Gasteiger partial charge in [0.2, 0.25) is 11.8 Å². The van der Waals surface area contributed by atoms with Crippen LogP contribution in [0.4, 0.5) is 11.4 Å². The molecule has 160 valence electrons. The smallest absolute Gasteiger partial charge is 0.269 e. The van der Waals surface area contributed by atoms with Gasteiger partial charge >= 0.3 is 0 Å². The molecule has 8 heteroatoms. The molecule has 1 aromatic heterocycles. The second kappa shape index (κ2) is 9.67. The van der Waals surface area contributed by atoms with Gasteiger partial charge in [0, 0.05) is 25.3 Å². The van der Waals surface area contributed by atoms with Crippen molar-refractivity contribution >= 4 is 17.3 Å². The highest BCUT2D eigenvalue weighted by Gasteiger charge is 2.41. The van der Waals surface area contributed by atoms with Crippen molar-refractivity contribution in [2.45, 2.75) is 44.4 Å². The Morgan fingerprint density at radius 1 is 1.13 bits per heavy atom. The van der Waals surface area contributed by atoms with Crippen molar-refractivity contribution in [1.82, 2.24) is 4.98 Å². The van der Waals surface area contributed by atoms with Crippen LogP contribution < -0.4 is 10.1 Å². The highest BCUT2D eigenvalue weighted by molar-refractivity contribution is 5.99. The van der Waals surface area contributed by atoms with Crippen LogP contribution in [0.2, 0.25) is 0 Å². The minimum Gasteiger partial charge on any atom is -0.475 e. The van der Waals surface area contributed by atoms with Gasteiger partial charge in [0.05, 0.1) is 28.3 Å². The number of pyridine rings is 1. The fraction of sp³-hybridized carbons (Fsp3) is 0.455. The first-order valence-electron chi connectivity index (χ1n) is 10.1. The lowest BCUT2D eigenvalue weighted by molar-refractivity contribution is -0.384.